The number of anilines is 1. The summed E-state index contributed by atoms with van der Waals surface area (Å²) in [6.07, 6.45) is 0.895. The second kappa shape index (κ2) is 6.74. The summed E-state index contributed by atoms with van der Waals surface area (Å²) >= 11 is 0. The highest BCUT2D eigenvalue weighted by Gasteiger charge is 2.53. The number of aliphatic hydroxyl groups excluding tert-OH is 2. The number of nitrogens with zero attached hydrogens (tertiary/aromatic N) is 5. The summed E-state index contributed by atoms with van der Waals surface area (Å²) < 4.78 is 7.32. The Morgan fingerprint density at radius 1 is 1.21 bits per heavy atom. The molecular weight excluding hydrogens is 374 g/mol. The van der Waals surface area contributed by atoms with E-state index in [9.17, 15) is 15.3 Å². The number of imidazole rings is 1. The molecule has 9 nitrogen and oxygen atoms in total. The van der Waals surface area contributed by atoms with Gasteiger partial charge in [0.25, 0.3) is 0 Å². The van der Waals surface area contributed by atoms with Gasteiger partial charge in [0, 0.05) is 13.1 Å². The molecule has 0 spiro atoms. The average Bonchev–Trinajstić information content (AvgIpc) is 3.26. The Kier molecular flexibility index (Phi) is 4.28. The van der Waals surface area contributed by atoms with Gasteiger partial charge in [-0.2, -0.15) is 0 Å². The summed E-state index contributed by atoms with van der Waals surface area (Å²) in [7, 11) is 0. The average molecular weight is 397 g/mol. The van der Waals surface area contributed by atoms with Gasteiger partial charge in [0.1, 0.15) is 24.1 Å². The quantitative estimate of drug-likeness (QED) is 0.581. The number of aliphatic hydroxyl groups is 3. The minimum absolute atomic E-state index is 0.395. The van der Waals surface area contributed by atoms with Crippen molar-refractivity contribution in [2.24, 2.45) is 0 Å². The second-order valence-electron chi connectivity index (χ2n) is 7.84. The highest BCUT2D eigenvalue weighted by atomic mass is 16.6. The van der Waals surface area contributed by atoms with E-state index in [4.69, 9.17) is 4.74 Å². The van der Waals surface area contributed by atoms with Crippen LogP contribution in [0.5, 0.6) is 0 Å². The van der Waals surface area contributed by atoms with Crippen LogP contribution >= 0.6 is 0 Å². The molecule has 0 saturated carbocycles. The highest BCUT2D eigenvalue weighted by Crippen LogP contribution is 2.40. The van der Waals surface area contributed by atoms with Crippen molar-refractivity contribution in [3.63, 3.8) is 0 Å². The minimum Gasteiger partial charge on any atom is -0.394 e. The summed E-state index contributed by atoms with van der Waals surface area (Å²) in [5.74, 6) is 0.722. The van der Waals surface area contributed by atoms with Crippen molar-refractivity contribution in [2.45, 2.75) is 43.9 Å². The van der Waals surface area contributed by atoms with Gasteiger partial charge in [0.05, 0.1) is 12.9 Å². The molecule has 1 aromatic carbocycles. The van der Waals surface area contributed by atoms with Crippen molar-refractivity contribution in [1.29, 1.82) is 0 Å². The van der Waals surface area contributed by atoms with Crippen molar-refractivity contribution >= 4 is 17.0 Å². The Hall–Kier alpha value is -2.59. The summed E-state index contributed by atoms with van der Waals surface area (Å²) in [4.78, 5) is 15.5. The first-order valence-electron chi connectivity index (χ1n) is 9.66. The molecule has 3 N–H and O–H groups in total. The lowest BCUT2D eigenvalue weighted by Gasteiger charge is -2.30. The standard InChI is InChI=1S/C20H23N5O4/c1-20(28)16(27)14(9-26)29-19(20)25-11-23-15-17(21-10-22-18(15)25)24-7-6-12-4-2-3-5-13(12)8-24/h2-5,10-11,14,16,19,26-28H,6-9H2,1H3/t14?,16?,19?,20-/m1/s1. The SMILES string of the molecule is C[C@@]1(O)C(O)C(CO)OC1n1cnc2c(N3CCc4ccccc4C3)ncnc21. The van der Waals surface area contributed by atoms with Gasteiger partial charge in [-0.1, -0.05) is 24.3 Å². The van der Waals surface area contributed by atoms with Gasteiger partial charge in [-0.05, 0) is 24.5 Å². The Balaban J connectivity index is 1.53. The van der Waals surface area contributed by atoms with Crippen LogP contribution < -0.4 is 4.90 Å². The molecular formula is C20H23N5O4. The molecule has 0 bridgehead atoms. The van der Waals surface area contributed by atoms with Gasteiger partial charge in [-0.25, -0.2) is 15.0 Å². The fourth-order valence-corrected chi connectivity index (χ4v) is 4.31. The third kappa shape index (κ3) is 2.81. The van der Waals surface area contributed by atoms with Crippen LogP contribution in [0.1, 0.15) is 24.3 Å². The number of aromatic nitrogens is 4. The molecule has 3 unspecified atom stereocenters. The number of hydrogen-bond acceptors (Lipinski definition) is 8. The van der Waals surface area contributed by atoms with Crippen LogP contribution in [0, 0.1) is 0 Å². The van der Waals surface area contributed by atoms with Crippen molar-refractivity contribution in [3.8, 4) is 0 Å². The number of hydrogen-bond donors (Lipinski definition) is 3. The van der Waals surface area contributed by atoms with Crippen LogP contribution in [-0.2, 0) is 17.7 Å². The molecule has 9 heteroatoms. The molecule has 0 radical (unpaired) electrons. The summed E-state index contributed by atoms with van der Waals surface area (Å²) in [6, 6.07) is 8.37. The van der Waals surface area contributed by atoms with Gasteiger partial charge < -0.3 is 25.0 Å². The topological polar surface area (TPSA) is 117 Å². The molecule has 29 heavy (non-hydrogen) atoms. The fourth-order valence-electron chi connectivity index (χ4n) is 4.31. The van der Waals surface area contributed by atoms with Crippen LogP contribution in [0.4, 0.5) is 5.82 Å². The largest absolute Gasteiger partial charge is 0.394 e. The van der Waals surface area contributed by atoms with Gasteiger partial charge in [0.2, 0.25) is 0 Å². The fraction of sp³-hybridized carbons (Fsp3) is 0.450. The predicted octanol–water partition coefficient (Wildman–Crippen LogP) is 0.391. The van der Waals surface area contributed by atoms with E-state index in [1.54, 1.807) is 4.57 Å². The van der Waals surface area contributed by atoms with E-state index >= 15 is 0 Å². The first-order chi connectivity index (χ1) is 14.0. The third-order valence-electron chi connectivity index (χ3n) is 5.96. The van der Waals surface area contributed by atoms with Gasteiger partial charge in [-0.15, -0.1) is 0 Å². The summed E-state index contributed by atoms with van der Waals surface area (Å²) in [6.45, 7) is 2.64. The molecule has 4 heterocycles. The van der Waals surface area contributed by atoms with Crippen molar-refractivity contribution in [3.05, 3.63) is 48.0 Å². The smallest absolute Gasteiger partial charge is 0.168 e. The molecule has 4 atom stereocenters. The second-order valence-corrected chi connectivity index (χ2v) is 7.84. The molecule has 2 aromatic heterocycles. The Morgan fingerprint density at radius 3 is 2.76 bits per heavy atom. The van der Waals surface area contributed by atoms with Gasteiger partial charge >= 0.3 is 0 Å². The van der Waals surface area contributed by atoms with Crippen LogP contribution in [0.25, 0.3) is 11.2 Å². The van der Waals surface area contributed by atoms with E-state index in [1.165, 1.54) is 30.7 Å². The predicted molar refractivity (Wildman–Crippen MR) is 104 cm³/mol. The monoisotopic (exact) mass is 397 g/mol. The Labute approximate surface area is 167 Å². The molecule has 0 aliphatic carbocycles. The molecule has 3 aromatic rings. The van der Waals surface area contributed by atoms with E-state index in [0.717, 1.165) is 25.3 Å². The zero-order chi connectivity index (χ0) is 20.2. The normalized spacial score (nSPS) is 29.4. The third-order valence-corrected chi connectivity index (χ3v) is 5.96. The maximum atomic E-state index is 10.8. The number of ether oxygens (including phenoxy) is 1. The molecule has 5 rings (SSSR count). The summed E-state index contributed by atoms with van der Waals surface area (Å²) in [5, 5.41) is 30.5. The first kappa shape index (κ1) is 18.4. The van der Waals surface area contributed by atoms with E-state index in [0.29, 0.717) is 11.2 Å². The lowest BCUT2D eigenvalue weighted by atomic mass is 9.96. The lowest BCUT2D eigenvalue weighted by Crippen LogP contribution is -2.44. The Bertz CT molecular complexity index is 1050. The molecule has 1 fully saturated rings. The van der Waals surface area contributed by atoms with Gasteiger partial charge in [0.15, 0.2) is 23.2 Å². The number of rotatable bonds is 3. The molecule has 0 amide bonds. The van der Waals surface area contributed by atoms with Crippen LogP contribution in [-0.4, -0.2) is 65.8 Å². The van der Waals surface area contributed by atoms with Crippen molar-refractivity contribution < 1.29 is 20.1 Å². The number of benzene rings is 1. The summed E-state index contributed by atoms with van der Waals surface area (Å²) in [5.41, 5.74) is 2.12. The van der Waals surface area contributed by atoms with Crippen LogP contribution in [0.3, 0.4) is 0 Å². The first-order valence-corrected chi connectivity index (χ1v) is 9.66. The molecule has 2 aliphatic heterocycles. The zero-order valence-corrected chi connectivity index (χ0v) is 16.0. The lowest BCUT2D eigenvalue weighted by molar-refractivity contribution is -0.0950. The molecule has 1 saturated heterocycles. The Morgan fingerprint density at radius 2 is 2.00 bits per heavy atom. The molecule has 152 valence electrons. The highest BCUT2D eigenvalue weighted by molar-refractivity contribution is 5.83. The number of fused-ring (bicyclic) bond motifs is 2. The van der Waals surface area contributed by atoms with E-state index in [2.05, 4.69) is 38.1 Å². The van der Waals surface area contributed by atoms with Crippen molar-refractivity contribution in [2.75, 3.05) is 18.1 Å². The van der Waals surface area contributed by atoms with Gasteiger partial charge in [-0.3, -0.25) is 4.57 Å². The maximum absolute atomic E-state index is 10.8. The minimum atomic E-state index is -1.60. The zero-order valence-electron chi connectivity index (χ0n) is 16.0. The van der Waals surface area contributed by atoms with E-state index in [1.807, 2.05) is 6.07 Å². The molecule has 2 aliphatic rings. The van der Waals surface area contributed by atoms with E-state index in [-0.39, 0.29) is 0 Å². The van der Waals surface area contributed by atoms with E-state index < -0.39 is 30.6 Å². The maximum Gasteiger partial charge on any atom is 0.168 e. The van der Waals surface area contributed by atoms with Crippen molar-refractivity contribution in [1.82, 2.24) is 19.5 Å². The van der Waals surface area contributed by atoms with Crippen LogP contribution in [0.2, 0.25) is 0 Å². The van der Waals surface area contributed by atoms with Crippen LogP contribution in [0.15, 0.2) is 36.9 Å².